The minimum absolute atomic E-state index is 0.0344. The molecule has 2 aromatic rings. The number of benzene rings is 1. The molecule has 3 rings (SSSR count). The third-order valence-corrected chi connectivity index (χ3v) is 7.33. The van der Waals surface area contributed by atoms with E-state index < -0.39 is 23.9 Å². The molecule has 1 atom stereocenters. The van der Waals surface area contributed by atoms with Crippen molar-refractivity contribution in [3.63, 3.8) is 0 Å². The Morgan fingerprint density at radius 2 is 1.93 bits per heavy atom. The molecular weight excluding hydrogens is 562 g/mol. The highest BCUT2D eigenvalue weighted by Gasteiger charge is 2.32. The van der Waals surface area contributed by atoms with Crippen LogP contribution in [0.25, 0.3) is 0 Å². The van der Waals surface area contributed by atoms with Gasteiger partial charge in [-0.25, -0.2) is 8.78 Å². The Labute approximate surface area is 243 Å². The number of thiophene rings is 1. The van der Waals surface area contributed by atoms with E-state index in [1.807, 2.05) is 39.5 Å². The van der Waals surface area contributed by atoms with Crippen LogP contribution in [-0.4, -0.2) is 68.1 Å². The van der Waals surface area contributed by atoms with Gasteiger partial charge in [0.25, 0.3) is 18.2 Å². The standard InChI is InChI=1S/C28H37ClF2N4O4S/c1-17(2)14-34(16-28(3,4)5)21(13-32-27(38)22-8-9-23(29)40-22)26(37)33-20-7-6-18(12-19(20)25(30)31)35-10-11-39-15-24(35)36/h6-9,12,17,21,25H,10-11,13-16H2,1-5H3,(H,32,38)(H,33,37)/t21-/m0/s1. The molecule has 0 radical (unpaired) electrons. The number of alkyl halides is 2. The molecule has 1 saturated heterocycles. The van der Waals surface area contributed by atoms with Crippen LogP contribution < -0.4 is 15.5 Å². The maximum absolute atomic E-state index is 14.2. The molecule has 1 aromatic carbocycles. The summed E-state index contributed by atoms with van der Waals surface area (Å²) in [6.07, 6.45) is -2.89. The van der Waals surface area contributed by atoms with Crippen LogP contribution in [0.1, 0.15) is 56.3 Å². The molecule has 2 N–H and O–H groups in total. The van der Waals surface area contributed by atoms with E-state index in [4.69, 9.17) is 16.3 Å². The number of carbonyl (C=O) groups excluding carboxylic acids is 3. The maximum atomic E-state index is 14.2. The van der Waals surface area contributed by atoms with Crippen LogP contribution in [0.3, 0.4) is 0 Å². The third kappa shape index (κ3) is 8.95. The van der Waals surface area contributed by atoms with Crippen molar-refractivity contribution in [1.29, 1.82) is 0 Å². The number of anilines is 2. The number of nitrogens with one attached hydrogen (secondary N) is 2. The van der Waals surface area contributed by atoms with Crippen LogP contribution in [0.5, 0.6) is 0 Å². The predicted octanol–water partition coefficient (Wildman–Crippen LogP) is 5.44. The Balaban J connectivity index is 1.89. The van der Waals surface area contributed by atoms with Crippen LogP contribution >= 0.6 is 22.9 Å². The van der Waals surface area contributed by atoms with Crippen molar-refractivity contribution >= 4 is 52.0 Å². The molecule has 0 spiro atoms. The molecule has 1 aliphatic rings. The summed E-state index contributed by atoms with van der Waals surface area (Å²) in [5.74, 6) is -1.02. The second-order valence-electron chi connectivity index (χ2n) is 11.4. The van der Waals surface area contributed by atoms with Gasteiger partial charge in [-0.1, -0.05) is 46.2 Å². The van der Waals surface area contributed by atoms with Crippen molar-refractivity contribution < 1.29 is 27.9 Å². The van der Waals surface area contributed by atoms with Crippen molar-refractivity contribution in [3.8, 4) is 0 Å². The molecule has 3 amide bonds. The number of hydrogen-bond donors (Lipinski definition) is 2. The molecular formula is C28H37ClF2N4O4S. The van der Waals surface area contributed by atoms with E-state index in [0.717, 1.165) is 11.3 Å². The lowest BCUT2D eigenvalue weighted by Gasteiger charge is -2.37. The lowest BCUT2D eigenvalue weighted by molar-refractivity contribution is -0.125. The summed E-state index contributed by atoms with van der Waals surface area (Å²) in [5, 5.41) is 5.50. The summed E-state index contributed by atoms with van der Waals surface area (Å²) in [6.45, 7) is 11.7. The lowest BCUT2D eigenvalue weighted by atomic mass is 9.94. The van der Waals surface area contributed by atoms with Crippen LogP contribution in [0.2, 0.25) is 4.34 Å². The van der Waals surface area contributed by atoms with Crippen LogP contribution in [0.15, 0.2) is 30.3 Å². The fourth-order valence-electron chi connectivity index (χ4n) is 4.50. The number of ether oxygens (including phenoxy) is 1. The molecule has 1 fully saturated rings. The first-order valence-electron chi connectivity index (χ1n) is 13.1. The summed E-state index contributed by atoms with van der Waals surface area (Å²) < 4.78 is 33.9. The average molecular weight is 599 g/mol. The number of morpholine rings is 1. The highest BCUT2D eigenvalue weighted by Crippen LogP contribution is 2.32. The highest BCUT2D eigenvalue weighted by molar-refractivity contribution is 7.18. The Hall–Kier alpha value is -2.60. The molecule has 220 valence electrons. The molecule has 12 heteroatoms. The van der Waals surface area contributed by atoms with E-state index in [0.29, 0.717) is 34.6 Å². The molecule has 0 aliphatic carbocycles. The van der Waals surface area contributed by atoms with E-state index in [9.17, 15) is 23.2 Å². The molecule has 40 heavy (non-hydrogen) atoms. The predicted molar refractivity (Wildman–Crippen MR) is 155 cm³/mol. The first-order chi connectivity index (χ1) is 18.7. The largest absolute Gasteiger partial charge is 0.370 e. The van der Waals surface area contributed by atoms with Crippen LogP contribution in [0, 0.1) is 11.3 Å². The number of carbonyl (C=O) groups is 3. The fourth-order valence-corrected chi connectivity index (χ4v) is 5.46. The number of amides is 3. The number of rotatable bonds is 11. The zero-order valence-electron chi connectivity index (χ0n) is 23.4. The molecule has 1 aliphatic heterocycles. The quantitative estimate of drug-likeness (QED) is 0.359. The normalized spacial score (nSPS) is 15.2. The van der Waals surface area contributed by atoms with Gasteiger partial charge in [-0.15, -0.1) is 11.3 Å². The van der Waals surface area contributed by atoms with Crippen LogP contribution in [0.4, 0.5) is 20.2 Å². The van der Waals surface area contributed by atoms with Crippen molar-refractivity contribution in [2.24, 2.45) is 11.3 Å². The monoisotopic (exact) mass is 598 g/mol. The summed E-state index contributed by atoms with van der Waals surface area (Å²) in [5.41, 5.74) is -0.313. The topological polar surface area (TPSA) is 91.0 Å². The Morgan fingerprint density at radius 3 is 2.50 bits per heavy atom. The first-order valence-corrected chi connectivity index (χ1v) is 14.3. The fraction of sp³-hybridized carbons (Fsp3) is 0.536. The zero-order valence-corrected chi connectivity index (χ0v) is 25.0. The van der Waals surface area contributed by atoms with Crippen molar-refractivity contribution in [1.82, 2.24) is 10.2 Å². The molecule has 2 heterocycles. The van der Waals surface area contributed by atoms with Crippen LogP contribution in [-0.2, 0) is 14.3 Å². The SMILES string of the molecule is CC(C)CN(CC(C)(C)C)[C@@H](CNC(=O)c1ccc(Cl)s1)C(=O)Nc1ccc(N2CCOCC2=O)cc1C(F)F. The second-order valence-corrected chi connectivity index (χ2v) is 13.1. The summed E-state index contributed by atoms with van der Waals surface area (Å²) in [6, 6.07) is 6.53. The Morgan fingerprint density at radius 1 is 1.20 bits per heavy atom. The van der Waals surface area contributed by atoms with Crippen molar-refractivity contribution in [2.45, 2.75) is 47.1 Å². The number of hydrogen-bond acceptors (Lipinski definition) is 6. The average Bonchev–Trinajstić information content (AvgIpc) is 3.29. The second kappa shape index (κ2) is 13.8. The van der Waals surface area contributed by atoms with Gasteiger partial charge in [-0.3, -0.25) is 19.3 Å². The smallest absolute Gasteiger partial charge is 0.265 e. The maximum Gasteiger partial charge on any atom is 0.265 e. The van der Waals surface area contributed by atoms with E-state index in [-0.39, 0.29) is 48.5 Å². The number of halogens is 3. The molecule has 0 saturated carbocycles. The molecule has 0 bridgehead atoms. The van der Waals surface area contributed by atoms with Gasteiger partial charge in [0.1, 0.15) is 12.6 Å². The molecule has 1 aromatic heterocycles. The zero-order chi connectivity index (χ0) is 29.6. The Bertz CT molecular complexity index is 1200. The lowest BCUT2D eigenvalue weighted by Crippen LogP contribution is -2.53. The highest BCUT2D eigenvalue weighted by atomic mass is 35.5. The summed E-state index contributed by atoms with van der Waals surface area (Å²) in [7, 11) is 0. The summed E-state index contributed by atoms with van der Waals surface area (Å²) >= 11 is 7.10. The summed E-state index contributed by atoms with van der Waals surface area (Å²) in [4.78, 5) is 42.5. The van der Waals surface area contributed by atoms with Gasteiger partial charge < -0.3 is 20.3 Å². The molecule has 0 unspecified atom stereocenters. The van der Waals surface area contributed by atoms with Gasteiger partial charge in [0, 0.05) is 43.1 Å². The minimum Gasteiger partial charge on any atom is -0.370 e. The van der Waals surface area contributed by atoms with Gasteiger partial charge in [-0.2, -0.15) is 0 Å². The minimum atomic E-state index is -2.89. The first kappa shape index (κ1) is 31.9. The van der Waals surface area contributed by atoms with E-state index >= 15 is 0 Å². The van der Waals surface area contributed by atoms with Crippen molar-refractivity contribution in [3.05, 3.63) is 45.1 Å². The van der Waals surface area contributed by atoms with E-state index in [1.165, 1.54) is 23.1 Å². The van der Waals surface area contributed by atoms with Crippen molar-refractivity contribution in [2.75, 3.05) is 49.6 Å². The molecule has 8 nitrogen and oxygen atoms in total. The van der Waals surface area contributed by atoms with Gasteiger partial charge in [0.05, 0.1) is 15.8 Å². The van der Waals surface area contributed by atoms with E-state index in [2.05, 4.69) is 10.6 Å². The van der Waals surface area contributed by atoms with E-state index in [1.54, 1.807) is 12.1 Å². The van der Waals surface area contributed by atoms with Gasteiger partial charge in [-0.05, 0) is 41.7 Å². The Kier molecular flexibility index (Phi) is 11.0. The van der Waals surface area contributed by atoms with Gasteiger partial charge in [0.15, 0.2) is 0 Å². The number of nitrogens with zero attached hydrogens (tertiary/aromatic N) is 2. The third-order valence-electron chi connectivity index (χ3n) is 6.10. The van der Waals surface area contributed by atoms with Gasteiger partial charge in [0.2, 0.25) is 5.91 Å². The van der Waals surface area contributed by atoms with Gasteiger partial charge >= 0.3 is 0 Å².